The number of thiazole rings is 1. The van der Waals surface area contributed by atoms with Crippen molar-refractivity contribution in [3.05, 3.63) is 38.3 Å². The molecule has 1 aromatic carbocycles. The summed E-state index contributed by atoms with van der Waals surface area (Å²) in [5, 5.41) is 0.918. The van der Waals surface area contributed by atoms with E-state index < -0.39 is 10.0 Å². The van der Waals surface area contributed by atoms with Crippen LogP contribution in [0.5, 0.6) is 5.75 Å². The molecule has 8 heteroatoms. The standard InChI is InChI=1S/C13H15BrN2O3S2/c1-8-12(20-9(2)16-8)7-15-21(17,18)13-6-10(14)4-5-11(13)19-3/h4-6,15H,7H2,1-3H3. The van der Waals surface area contributed by atoms with Crippen LogP contribution in [0, 0.1) is 13.8 Å². The van der Waals surface area contributed by atoms with Gasteiger partial charge in [-0.15, -0.1) is 11.3 Å². The number of sulfonamides is 1. The van der Waals surface area contributed by atoms with E-state index >= 15 is 0 Å². The van der Waals surface area contributed by atoms with Crippen LogP contribution in [-0.2, 0) is 16.6 Å². The molecule has 1 aromatic heterocycles. The van der Waals surface area contributed by atoms with E-state index in [0.29, 0.717) is 10.2 Å². The van der Waals surface area contributed by atoms with E-state index in [1.807, 2.05) is 13.8 Å². The van der Waals surface area contributed by atoms with Gasteiger partial charge in [-0.25, -0.2) is 18.1 Å². The van der Waals surface area contributed by atoms with Crippen LogP contribution in [0.3, 0.4) is 0 Å². The number of hydrogen-bond acceptors (Lipinski definition) is 5. The number of benzene rings is 1. The van der Waals surface area contributed by atoms with Crippen molar-refractivity contribution in [3.63, 3.8) is 0 Å². The Morgan fingerprint density at radius 2 is 2.10 bits per heavy atom. The maximum Gasteiger partial charge on any atom is 0.244 e. The number of methoxy groups -OCH3 is 1. The van der Waals surface area contributed by atoms with Crippen molar-refractivity contribution >= 4 is 37.3 Å². The molecule has 0 unspecified atom stereocenters. The molecule has 0 aliphatic rings. The molecule has 0 bridgehead atoms. The van der Waals surface area contributed by atoms with Crippen molar-refractivity contribution in [2.75, 3.05) is 7.11 Å². The Kier molecular flexibility index (Phi) is 5.03. The Labute approximate surface area is 136 Å². The lowest BCUT2D eigenvalue weighted by molar-refractivity contribution is 0.402. The smallest absolute Gasteiger partial charge is 0.244 e. The van der Waals surface area contributed by atoms with Gasteiger partial charge in [0.1, 0.15) is 10.6 Å². The molecule has 0 atom stereocenters. The third-order valence-electron chi connectivity index (χ3n) is 2.84. The van der Waals surface area contributed by atoms with Crippen molar-refractivity contribution < 1.29 is 13.2 Å². The summed E-state index contributed by atoms with van der Waals surface area (Å²) < 4.78 is 33.2. The van der Waals surface area contributed by atoms with Crippen molar-refractivity contribution in [1.29, 1.82) is 0 Å². The quantitative estimate of drug-likeness (QED) is 0.851. The maximum absolute atomic E-state index is 12.4. The summed E-state index contributed by atoms with van der Waals surface area (Å²) >= 11 is 4.76. The monoisotopic (exact) mass is 390 g/mol. The van der Waals surface area contributed by atoms with Gasteiger partial charge in [0.25, 0.3) is 0 Å². The van der Waals surface area contributed by atoms with Crippen molar-refractivity contribution in [2.24, 2.45) is 0 Å². The molecular formula is C13H15BrN2O3S2. The number of aryl methyl sites for hydroxylation is 2. The summed E-state index contributed by atoms with van der Waals surface area (Å²) in [5.41, 5.74) is 0.849. The minimum Gasteiger partial charge on any atom is -0.495 e. The third kappa shape index (κ3) is 3.82. The number of rotatable bonds is 5. The molecule has 1 heterocycles. The molecule has 0 aliphatic carbocycles. The zero-order valence-electron chi connectivity index (χ0n) is 11.8. The lowest BCUT2D eigenvalue weighted by Crippen LogP contribution is -2.23. The highest BCUT2D eigenvalue weighted by Gasteiger charge is 2.20. The van der Waals surface area contributed by atoms with Crippen molar-refractivity contribution in [3.8, 4) is 5.75 Å². The molecule has 5 nitrogen and oxygen atoms in total. The lowest BCUT2D eigenvalue weighted by Gasteiger charge is -2.10. The highest BCUT2D eigenvalue weighted by Crippen LogP contribution is 2.27. The predicted molar refractivity (Wildman–Crippen MR) is 86.3 cm³/mol. The fourth-order valence-corrected chi connectivity index (χ4v) is 4.51. The van der Waals surface area contributed by atoms with Gasteiger partial charge in [-0.3, -0.25) is 0 Å². The van der Waals surface area contributed by atoms with E-state index in [4.69, 9.17) is 4.74 Å². The van der Waals surface area contributed by atoms with Crippen LogP contribution in [0.1, 0.15) is 15.6 Å². The normalized spacial score (nSPS) is 11.6. The molecule has 0 radical (unpaired) electrons. The highest BCUT2D eigenvalue weighted by atomic mass is 79.9. The second kappa shape index (κ2) is 6.43. The Morgan fingerprint density at radius 1 is 1.38 bits per heavy atom. The number of hydrogen-bond donors (Lipinski definition) is 1. The summed E-state index contributed by atoms with van der Waals surface area (Å²) in [6.07, 6.45) is 0. The SMILES string of the molecule is COc1ccc(Br)cc1S(=O)(=O)NCc1sc(C)nc1C. The molecule has 0 saturated heterocycles. The van der Waals surface area contributed by atoms with Gasteiger partial charge in [-0.2, -0.15) is 0 Å². The van der Waals surface area contributed by atoms with Crippen LogP contribution in [0.25, 0.3) is 0 Å². The first-order chi connectivity index (χ1) is 9.83. The Balaban J connectivity index is 2.26. The first kappa shape index (κ1) is 16.4. The topological polar surface area (TPSA) is 68.3 Å². The van der Waals surface area contributed by atoms with E-state index in [9.17, 15) is 8.42 Å². The maximum atomic E-state index is 12.4. The molecular weight excluding hydrogens is 376 g/mol. The van der Waals surface area contributed by atoms with Gasteiger partial charge in [-0.1, -0.05) is 15.9 Å². The van der Waals surface area contributed by atoms with Crippen LogP contribution < -0.4 is 9.46 Å². The Bertz CT molecular complexity index is 757. The third-order valence-corrected chi connectivity index (χ3v) is 5.83. The Hall–Kier alpha value is -0.960. The number of ether oxygens (including phenoxy) is 1. The molecule has 0 spiro atoms. The predicted octanol–water partition coefficient (Wildman–Crippen LogP) is 3.01. The number of halogens is 1. The van der Waals surface area contributed by atoms with E-state index in [-0.39, 0.29) is 11.4 Å². The summed E-state index contributed by atoms with van der Waals surface area (Å²) in [7, 11) is -2.21. The Morgan fingerprint density at radius 3 is 2.67 bits per heavy atom. The zero-order chi connectivity index (χ0) is 15.6. The van der Waals surface area contributed by atoms with E-state index in [0.717, 1.165) is 15.6 Å². The van der Waals surface area contributed by atoms with Crippen LogP contribution in [-0.4, -0.2) is 20.5 Å². The van der Waals surface area contributed by atoms with Crippen LogP contribution >= 0.6 is 27.3 Å². The van der Waals surface area contributed by atoms with Gasteiger partial charge in [0.05, 0.1) is 17.8 Å². The first-order valence-corrected chi connectivity index (χ1v) is 9.19. The van der Waals surface area contributed by atoms with Gasteiger partial charge in [0.2, 0.25) is 10.0 Å². The van der Waals surface area contributed by atoms with Crippen LogP contribution in [0.4, 0.5) is 0 Å². The van der Waals surface area contributed by atoms with E-state index in [1.54, 1.807) is 12.1 Å². The van der Waals surface area contributed by atoms with E-state index in [2.05, 4.69) is 25.6 Å². The molecule has 0 aliphatic heterocycles. The van der Waals surface area contributed by atoms with Crippen molar-refractivity contribution in [1.82, 2.24) is 9.71 Å². The average molecular weight is 391 g/mol. The molecule has 0 saturated carbocycles. The molecule has 0 amide bonds. The molecule has 2 rings (SSSR count). The average Bonchev–Trinajstić information content (AvgIpc) is 2.75. The van der Waals surface area contributed by atoms with Gasteiger partial charge < -0.3 is 4.74 Å². The van der Waals surface area contributed by atoms with Gasteiger partial charge in [-0.05, 0) is 32.0 Å². The zero-order valence-corrected chi connectivity index (χ0v) is 15.0. The minimum absolute atomic E-state index is 0.110. The second-order valence-electron chi connectivity index (χ2n) is 4.36. The van der Waals surface area contributed by atoms with Crippen LogP contribution in [0.2, 0.25) is 0 Å². The highest BCUT2D eigenvalue weighted by molar-refractivity contribution is 9.10. The van der Waals surface area contributed by atoms with Gasteiger partial charge >= 0.3 is 0 Å². The minimum atomic E-state index is -3.66. The van der Waals surface area contributed by atoms with Crippen molar-refractivity contribution in [2.45, 2.75) is 25.3 Å². The summed E-state index contributed by atoms with van der Waals surface area (Å²) in [5.74, 6) is 0.308. The van der Waals surface area contributed by atoms with Gasteiger partial charge in [0, 0.05) is 15.9 Å². The second-order valence-corrected chi connectivity index (χ2v) is 8.30. The largest absolute Gasteiger partial charge is 0.495 e. The number of nitrogens with zero attached hydrogens (tertiary/aromatic N) is 1. The molecule has 1 N–H and O–H groups in total. The van der Waals surface area contributed by atoms with Crippen LogP contribution in [0.15, 0.2) is 27.6 Å². The fraction of sp³-hybridized carbons (Fsp3) is 0.308. The molecule has 21 heavy (non-hydrogen) atoms. The molecule has 2 aromatic rings. The van der Waals surface area contributed by atoms with E-state index in [1.165, 1.54) is 24.5 Å². The number of aromatic nitrogens is 1. The van der Waals surface area contributed by atoms with Gasteiger partial charge in [0.15, 0.2) is 0 Å². The first-order valence-electron chi connectivity index (χ1n) is 6.09. The summed E-state index contributed by atoms with van der Waals surface area (Å²) in [6.45, 7) is 3.98. The number of nitrogens with one attached hydrogen (secondary N) is 1. The summed E-state index contributed by atoms with van der Waals surface area (Å²) in [4.78, 5) is 5.30. The molecule has 114 valence electrons. The lowest BCUT2D eigenvalue weighted by atomic mass is 10.3. The summed E-state index contributed by atoms with van der Waals surface area (Å²) in [6, 6.07) is 4.86. The fourth-order valence-electron chi connectivity index (χ4n) is 1.84. The molecule has 0 fully saturated rings.